The third-order valence-electron chi connectivity index (χ3n) is 6.08. The Morgan fingerprint density at radius 3 is 2.42 bits per heavy atom. The van der Waals surface area contributed by atoms with Gasteiger partial charge < -0.3 is 14.5 Å². The summed E-state index contributed by atoms with van der Waals surface area (Å²) in [5.41, 5.74) is 4.08. The highest BCUT2D eigenvalue weighted by atomic mass is 32.2. The SMILES string of the molecule is COc1ccc(C(=O)N2CCN(c3cccc(C)c3C)CC2)cc1S(=O)(=O)NC1CC1. The number of methoxy groups -OCH3 is 1. The highest BCUT2D eigenvalue weighted by molar-refractivity contribution is 7.89. The molecule has 0 unspecified atom stereocenters. The first-order valence-corrected chi connectivity index (χ1v) is 12.1. The van der Waals surface area contributed by atoms with E-state index in [1.54, 1.807) is 17.0 Å². The van der Waals surface area contributed by atoms with E-state index in [0.29, 0.717) is 18.7 Å². The van der Waals surface area contributed by atoms with Crippen LogP contribution in [0.2, 0.25) is 0 Å². The number of anilines is 1. The lowest BCUT2D eigenvalue weighted by Crippen LogP contribution is -2.49. The number of rotatable bonds is 6. The summed E-state index contributed by atoms with van der Waals surface area (Å²) in [5.74, 6) is 0.0792. The Bertz CT molecular complexity index is 1090. The van der Waals surface area contributed by atoms with Gasteiger partial charge in [-0.1, -0.05) is 12.1 Å². The highest BCUT2D eigenvalue weighted by Gasteiger charge is 2.31. The van der Waals surface area contributed by atoms with Gasteiger partial charge in [0.25, 0.3) is 5.91 Å². The van der Waals surface area contributed by atoms with Gasteiger partial charge in [0, 0.05) is 43.5 Å². The molecule has 2 aromatic rings. The monoisotopic (exact) mass is 443 g/mol. The molecule has 4 rings (SSSR count). The number of nitrogens with one attached hydrogen (secondary N) is 1. The maximum absolute atomic E-state index is 13.1. The van der Waals surface area contributed by atoms with Crippen LogP contribution in [0.4, 0.5) is 5.69 Å². The second kappa shape index (κ2) is 8.51. The van der Waals surface area contributed by atoms with Crippen LogP contribution >= 0.6 is 0 Å². The maximum atomic E-state index is 13.1. The van der Waals surface area contributed by atoms with Crippen molar-refractivity contribution in [1.29, 1.82) is 0 Å². The lowest BCUT2D eigenvalue weighted by Gasteiger charge is -2.37. The van der Waals surface area contributed by atoms with Crippen molar-refractivity contribution in [2.24, 2.45) is 0 Å². The van der Waals surface area contributed by atoms with Gasteiger partial charge in [-0.15, -0.1) is 0 Å². The van der Waals surface area contributed by atoms with Gasteiger partial charge >= 0.3 is 0 Å². The van der Waals surface area contributed by atoms with Crippen molar-refractivity contribution in [3.8, 4) is 5.75 Å². The summed E-state index contributed by atoms with van der Waals surface area (Å²) in [6.45, 7) is 6.87. The Labute approximate surface area is 184 Å². The van der Waals surface area contributed by atoms with Crippen molar-refractivity contribution in [3.63, 3.8) is 0 Å². The number of aryl methyl sites for hydroxylation is 1. The normalized spacial score (nSPS) is 17.0. The Kier molecular flexibility index (Phi) is 5.94. The first kappa shape index (κ1) is 21.6. The van der Waals surface area contributed by atoms with Gasteiger partial charge in [0.05, 0.1) is 7.11 Å². The molecule has 2 aliphatic rings. The minimum atomic E-state index is -3.73. The van der Waals surface area contributed by atoms with Crippen molar-refractivity contribution in [2.45, 2.75) is 37.6 Å². The summed E-state index contributed by atoms with van der Waals surface area (Å²) < 4.78 is 33.4. The predicted molar refractivity (Wildman–Crippen MR) is 120 cm³/mol. The summed E-state index contributed by atoms with van der Waals surface area (Å²) in [6.07, 6.45) is 1.68. The Hall–Kier alpha value is -2.58. The molecule has 1 N–H and O–H groups in total. The van der Waals surface area contributed by atoms with Gasteiger partial charge in [-0.2, -0.15) is 0 Å². The number of carbonyl (C=O) groups excluding carboxylic acids is 1. The smallest absolute Gasteiger partial charge is 0.254 e. The van der Waals surface area contributed by atoms with Gasteiger partial charge in [-0.3, -0.25) is 4.79 Å². The topological polar surface area (TPSA) is 79.0 Å². The molecule has 1 heterocycles. The maximum Gasteiger partial charge on any atom is 0.254 e. The number of amides is 1. The number of benzene rings is 2. The molecule has 0 radical (unpaired) electrons. The molecule has 0 atom stereocenters. The number of hydrogen-bond donors (Lipinski definition) is 1. The number of nitrogens with zero attached hydrogens (tertiary/aromatic N) is 2. The second-order valence-electron chi connectivity index (χ2n) is 8.26. The quantitative estimate of drug-likeness (QED) is 0.743. The molecular formula is C23H29N3O4S. The number of sulfonamides is 1. The molecule has 1 aliphatic heterocycles. The van der Waals surface area contributed by atoms with Crippen molar-refractivity contribution in [3.05, 3.63) is 53.1 Å². The van der Waals surface area contributed by atoms with Crippen LogP contribution in [-0.2, 0) is 10.0 Å². The van der Waals surface area contributed by atoms with E-state index in [1.807, 2.05) is 0 Å². The fourth-order valence-electron chi connectivity index (χ4n) is 3.92. The third-order valence-corrected chi connectivity index (χ3v) is 7.62. The molecule has 1 amide bonds. The molecule has 31 heavy (non-hydrogen) atoms. The molecule has 0 aromatic heterocycles. The lowest BCUT2D eigenvalue weighted by molar-refractivity contribution is 0.0746. The minimum absolute atomic E-state index is 0.0155. The number of piperazine rings is 1. The molecular weight excluding hydrogens is 414 g/mol. The lowest BCUT2D eigenvalue weighted by atomic mass is 10.1. The van der Waals surface area contributed by atoms with Crippen LogP contribution in [0.15, 0.2) is 41.3 Å². The largest absolute Gasteiger partial charge is 0.495 e. The Morgan fingerprint density at radius 2 is 1.77 bits per heavy atom. The molecule has 8 heteroatoms. The second-order valence-corrected chi connectivity index (χ2v) is 9.94. The fraction of sp³-hybridized carbons (Fsp3) is 0.435. The van der Waals surface area contributed by atoms with Crippen LogP contribution in [0, 0.1) is 13.8 Å². The Morgan fingerprint density at radius 1 is 1.06 bits per heavy atom. The fourth-order valence-corrected chi connectivity index (χ4v) is 5.41. The molecule has 1 saturated carbocycles. The molecule has 7 nitrogen and oxygen atoms in total. The first-order chi connectivity index (χ1) is 14.8. The summed E-state index contributed by atoms with van der Waals surface area (Å²) >= 11 is 0. The summed E-state index contributed by atoms with van der Waals surface area (Å²) in [4.78, 5) is 17.2. The first-order valence-electron chi connectivity index (χ1n) is 10.6. The van der Waals surface area contributed by atoms with Crippen LogP contribution < -0.4 is 14.4 Å². The molecule has 0 spiro atoms. The summed E-state index contributed by atoms with van der Waals surface area (Å²) in [5, 5.41) is 0. The van der Waals surface area contributed by atoms with Gasteiger partial charge in [0.2, 0.25) is 10.0 Å². The number of ether oxygens (including phenoxy) is 1. The van der Waals surface area contributed by atoms with Crippen molar-refractivity contribution >= 4 is 21.6 Å². The molecule has 2 fully saturated rings. The van der Waals surface area contributed by atoms with E-state index >= 15 is 0 Å². The van der Waals surface area contributed by atoms with Crippen LogP contribution in [-0.4, -0.2) is 58.6 Å². The number of carbonyl (C=O) groups is 1. The molecule has 2 aromatic carbocycles. The van der Waals surface area contributed by atoms with Crippen molar-refractivity contribution in [1.82, 2.24) is 9.62 Å². The predicted octanol–water partition coefficient (Wildman–Crippen LogP) is 2.72. The van der Waals surface area contributed by atoms with E-state index in [0.717, 1.165) is 25.9 Å². The van der Waals surface area contributed by atoms with Gasteiger partial charge in [-0.05, 0) is 62.1 Å². The zero-order chi connectivity index (χ0) is 22.2. The van der Waals surface area contributed by atoms with Crippen LogP contribution in [0.25, 0.3) is 0 Å². The highest BCUT2D eigenvalue weighted by Crippen LogP contribution is 2.29. The molecule has 1 saturated heterocycles. The van der Waals surface area contributed by atoms with Crippen LogP contribution in [0.5, 0.6) is 5.75 Å². The Balaban J connectivity index is 1.50. The van der Waals surface area contributed by atoms with E-state index in [9.17, 15) is 13.2 Å². The third kappa shape index (κ3) is 4.55. The molecule has 166 valence electrons. The number of hydrogen-bond acceptors (Lipinski definition) is 5. The van der Waals surface area contributed by atoms with E-state index in [4.69, 9.17) is 4.74 Å². The summed E-state index contributed by atoms with van der Waals surface area (Å²) in [6, 6.07) is 10.9. The average molecular weight is 444 g/mol. The van der Waals surface area contributed by atoms with Crippen LogP contribution in [0.1, 0.15) is 34.3 Å². The zero-order valence-corrected chi connectivity index (χ0v) is 19.0. The minimum Gasteiger partial charge on any atom is -0.495 e. The van der Waals surface area contributed by atoms with Crippen molar-refractivity contribution in [2.75, 3.05) is 38.2 Å². The zero-order valence-electron chi connectivity index (χ0n) is 18.2. The molecule has 0 bridgehead atoms. The van der Waals surface area contributed by atoms with Crippen molar-refractivity contribution < 1.29 is 17.9 Å². The van der Waals surface area contributed by atoms with Gasteiger partial charge in [0.15, 0.2) is 0 Å². The van der Waals surface area contributed by atoms with Gasteiger partial charge in [-0.25, -0.2) is 13.1 Å². The summed E-state index contributed by atoms with van der Waals surface area (Å²) in [7, 11) is -2.30. The average Bonchev–Trinajstić information content (AvgIpc) is 3.58. The standard InChI is InChI=1S/C23H29N3O4S/c1-16-5-4-6-20(17(16)2)25-11-13-26(14-12-25)23(27)18-7-10-21(30-3)22(15-18)31(28,29)24-19-8-9-19/h4-7,10,15,19,24H,8-9,11-14H2,1-3H3. The molecule has 1 aliphatic carbocycles. The van der Waals surface area contributed by atoms with E-state index < -0.39 is 10.0 Å². The van der Waals surface area contributed by atoms with Gasteiger partial charge in [0.1, 0.15) is 10.6 Å². The van der Waals surface area contributed by atoms with E-state index in [-0.39, 0.29) is 22.6 Å². The van der Waals surface area contributed by atoms with Crippen LogP contribution in [0.3, 0.4) is 0 Å². The van der Waals surface area contributed by atoms with E-state index in [1.165, 1.54) is 30.0 Å². The van der Waals surface area contributed by atoms with E-state index in [2.05, 4.69) is 41.7 Å².